The van der Waals surface area contributed by atoms with Crippen LogP contribution in [0, 0.1) is 6.92 Å². The minimum absolute atomic E-state index is 0.0857. The molecule has 0 saturated carbocycles. The Hall–Kier alpha value is -2.34. The number of hydrogen-bond donors (Lipinski definition) is 2. The number of carbonyl (C=O) groups is 1. The molecule has 0 radical (unpaired) electrons. The fourth-order valence-corrected chi connectivity index (χ4v) is 2.16. The van der Waals surface area contributed by atoms with Crippen LogP contribution < -0.4 is 16.2 Å². The van der Waals surface area contributed by atoms with Gasteiger partial charge in [-0.3, -0.25) is 10.1 Å². The van der Waals surface area contributed by atoms with Crippen LogP contribution in [0.15, 0.2) is 35.1 Å². The van der Waals surface area contributed by atoms with Gasteiger partial charge in [0.25, 0.3) is 5.56 Å². The summed E-state index contributed by atoms with van der Waals surface area (Å²) in [6, 6.07) is 9.03. The summed E-state index contributed by atoms with van der Waals surface area (Å²) in [5.41, 5.74) is 1.12. The number of amides is 2. The smallest absolute Gasteiger partial charge is 0.320 e. The van der Waals surface area contributed by atoms with Crippen LogP contribution in [0.4, 0.5) is 10.6 Å². The van der Waals surface area contributed by atoms with Gasteiger partial charge in [-0.2, -0.15) is 0 Å². The molecule has 116 valence electrons. The Morgan fingerprint density at radius 2 is 2.00 bits per heavy atom. The van der Waals surface area contributed by atoms with Crippen molar-refractivity contribution in [2.45, 2.75) is 20.4 Å². The largest absolute Gasteiger partial charge is 0.338 e. The molecule has 0 saturated heterocycles. The molecule has 2 amide bonds. The van der Waals surface area contributed by atoms with Crippen molar-refractivity contribution in [1.29, 1.82) is 0 Å². The molecule has 0 aliphatic carbocycles. The molecule has 22 heavy (non-hydrogen) atoms. The molecule has 7 heteroatoms. The summed E-state index contributed by atoms with van der Waals surface area (Å²) in [5.74, 6) is -0.0857. The van der Waals surface area contributed by atoms with Gasteiger partial charge in [0.05, 0.1) is 12.2 Å². The van der Waals surface area contributed by atoms with Crippen LogP contribution in [0.3, 0.4) is 0 Å². The van der Waals surface area contributed by atoms with Crippen molar-refractivity contribution in [3.8, 4) is 0 Å². The maximum Gasteiger partial charge on any atom is 0.320 e. The number of aromatic nitrogens is 2. The summed E-state index contributed by atoms with van der Waals surface area (Å²) in [6.45, 7) is 4.31. The first kappa shape index (κ1) is 16.0. The number of anilines is 1. The average Bonchev–Trinajstić information content (AvgIpc) is 2.50. The zero-order valence-electron chi connectivity index (χ0n) is 12.4. The van der Waals surface area contributed by atoms with Gasteiger partial charge in [-0.25, -0.2) is 9.78 Å². The van der Waals surface area contributed by atoms with E-state index >= 15 is 0 Å². The highest BCUT2D eigenvalue weighted by molar-refractivity contribution is 6.30. The Balaban J connectivity index is 2.39. The van der Waals surface area contributed by atoms with Gasteiger partial charge in [0, 0.05) is 6.54 Å². The van der Waals surface area contributed by atoms with E-state index < -0.39 is 11.6 Å². The number of halogens is 1. The van der Waals surface area contributed by atoms with E-state index in [0.717, 1.165) is 5.56 Å². The molecule has 2 rings (SSSR count). The number of rotatable bonds is 4. The van der Waals surface area contributed by atoms with Gasteiger partial charge in [0.2, 0.25) is 5.82 Å². The molecule has 0 aliphatic rings. The van der Waals surface area contributed by atoms with Gasteiger partial charge in [0.1, 0.15) is 0 Å². The summed E-state index contributed by atoms with van der Waals surface area (Å²) in [4.78, 5) is 28.0. The number of hydrogen-bond acceptors (Lipinski definition) is 3. The molecule has 0 spiro atoms. The van der Waals surface area contributed by atoms with Crippen molar-refractivity contribution >= 4 is 23.4 Å². The normalized spacial score (nSPS) is 10.3. The van der Waals surface area contributed by atoms with E-state index in [9.17, 15) is 9.59 Å². The van der Waals surface area contributed by atoms with Gasteiger partial charge >= 0.3 is 6.03 Å². The molecule has 0 atom stereocenters. The first-order valence-corrected chi connectivity index (χ1v) is 7.26. The van der Waals surface area contributed by atoms with Crippen LogP contribution in [0.5, 0.6) is 0 Å². The molecule has 0 aliphatic heterocycles. The second kappa shape index (κ2) is 7.09. The predicted octanol–water partition coefficient (Wildman–Crippen LogP) is 2.39. The Kier molecular flexibility index (Phi) is 5.16. The molecule has 0 unspecified atom stereocenters. The van der Waals surface area contributed by atoms with Crippen LogP contribution >= 0.6 is 11.6 Å². The SMILES string of the molecule is CCNC(=O)Nc1nc(Cl)c(C)n(Cc2ccccc2)c1=O. The van der Waals surface area contributed by atoms with E-state index in [0.29, 0.717) is 18.8 Å². The highest BCUT2D eigenvalue weighted by Gasteiger charge is 2.14. The fraction of sp³-hybridized carbons (Fsp3) is 0.267. The number of carbonyl (C=O) groups excluding carboxylic acids is 1. The van der Waals surface area contributed by atoms with Gasteiger partial charge in [-0.05, 0) is 19.4 Å². The van der Waals surface area contributed by atoms with Crippen molar-refractivity contribution in [3.05, 3.63) is 57.1 Å². The summed E-state index contributed by atoms with van der Waals surface area (Å²) in [5, 5.41) is 5.15. The van der Waals surface area contributed by atoms with Crippen molar-refractivity contribution in [1.82, 2.24) is 14.9 Å². The van der Waals surface area contributed by atoms with Gasteiger partial charge in [-0.1, -0.05) is 41.9 Å². The fourth-order valence-electron chi connectivity index (χ4n) is 1.97. The number of benzene rings is 1. The zero-order chi connectivity index (χ0) is 16.1. The zero-order valence-corrected chi connectivity index (χ0v) is 13.1. The average molecular weight is 321 g/mol. The van der Waals surface area contributed by atoms with E-state index in [2.05, 4.69) is 15.6 Å². The second-order valence-corrected chi connectivity index (χ2v) is 5.06. The lowest BCUT2D eigenvalue weighted by Crippen LogP contribution is -2.34. The Bertz CT molecular complexity index is 728. The number of nitrogens with one attached hydrogen (secondary N) is 2. The molecule has 2 N–H and O–H groups in total. The van der Waals surface area contributed by atoms with E-state index in [1.807, 2.05) is 30.3 Å². The van der Waals surface area contributed by atoms with Crippen molar-refractivity contribution < 1.29 is 4.79 Å². The van der Waals surface area contributed by atoms with Gasteiger partial charge < -0.3 is 9.88 Å². The molecular formula is C15H17ClN4O2. The lowest BCUT2D eigenvalue weighted by Gasteiger charge is -2.13. The van der Waals surface area contributed by atoms with Crippen LogP contribution in [0.2, 0.25) is 5.15 Å². The van der Waals surface area contributed by atoms with E-state index in [1.165, 1.54) is 4.57 Å². The molecule has 1 heterocycles. The Labute approximate surface area is 133 Å². The third-order valence-corrected chi connectivity index (χ3v) is 3.47. The van der Waals surface area contributed by atoms with Crippen LogP contribution in [-0.2, 0) is 6.54 Å². The topological polar surface area (TPSA) is 76.0 Å². The standard InChI is InChI=1S/C15H17ClN4O2/c1-3-17-15(22)19-13-14(21)20(10(2)12(16)18-13)9-11-7-5-4-6-8-11/h4-8H,3,9H2,1-2H3,(H2,17,18,19,22). The molecular weight excluding hydrogens is 304 g/mol. The number of nitrogens with zero attached hydrogens (tertiary/aromatic N) is 2. The van der Waals surface area contributed by atoms with Gasteiger partial charge in [-0.15, -0.1) is 0 Å². The molecule has 0 fully saturated rings. The third kappa shape index (κ3) is 3.65. The predicted molar refractivity (Wildman–Crippen MR) is 86.5 cm³/mol. The lowest BCUT2D eigenvalue weighted by molar-refractivity contribution is 0.252. The second-order valence-electron chi connectivity index (χ2n) is 4.70. The minimum Gasteiger partial charge on any atom is -0.338 e. The summed E-state index contributed by atoms with van der Waals surface area (Å²) in [7, 11) is 0. The van der Waals surface area contributed by atoms with Crippen molar-refractivity contribution in [3.63, 3.8) is 0 Å². The summed E-state index contributed by atoms with van der Waals surface area (Å²) < 4.78 is 1.49. The van der Waals surface area contributed by atoms with Crippen LogP contribution in [0.25, 0.3) is 0 Å². The Morgan fingerprint density at radius 1 is 1.32 bits per heavy atom. The molecule has 2 aromatic rings. The van der Waals surface area contributed by atoms with E-state index in [4.69, 9.17) is 11.6 Å². The quantitative estimate of drug-likeness (QED) is 0.908. The van der Waals surface area contributed by atoms with Crippen molar-refractivity contribution in [2.24, 2.45) is 0 Å². The Morgan fingerprint density at radius 3 is 2.64 bits per heavy atom. The first-order chi connectivity index (χ1) is 10.5. The lowest BCUT2D eigenvalue weighted by atomic mass is 10.2. The van der Waals surface area contributed by atoms with E-state index in [1.54, 1.807) is 13.8 Å². The summed E-state index contributed by atoms with van der Waals surface area (Å²) in [6.07, 6.45) is 0. The summed E-state index contributed by atoms with van der Waals surface area (Å²) >= 11 is 6.08. The van der Waals surface area contributed by atoms with Crippen molar-refractivity contribution in [2.75, 3.05) is 11.9 Å². The highest BCUT2D eigenvalue weighted by Crippen LogP contribution is 2.14. The first-order valence-electron chi connectivity index (χ1n) is 6.88. The monoisotopic (exact) mass is 320 g/mol. The molecule has 1 aromatic carbocycles. The third-order valence-electron chi connectivity index (χ3n) is 3.11. The van der Waals surface area contributed by atoms with Crippen LogP contribution in [-0.4, -0.2) is 22.1 Å². The van der Waals surface area contributed by atoms with Crippen LogP contribution in [0.1, 0.15) is 18.2 Å². The minimum atomic E-state index is -0.488. The molecule has 6 nitrogen and oxygen atoms in total. The highest BCUT2D eigenvalue weighted by atomic mass is 35.5. The molecule has 1 aromatic heterocycles. The maximum atomic E-state index is 12.5. The number of urea groups is 1. The van der Waals surface area contributed by atoms with Gasteiger partial charge in [0.15, 0.2) is 5.15 Å². The van der Waals surface area contributed by atoms with E-state index in [-0.39, 0.29) is 11.0 Å². The molecule has 0 bridgehead atoms. The maximum absolute atomic E-state index is 12.5.